The lowest BCUT2D eigenvalue weighted by atomic mass is 9.85. The van der Waals surface area contributed by atoms with Gasteiger partial charge in [-0.3, -0.25) is 33.7 Å². The molecule has 0 unspecified atom stereocenters. The standard InChI is InChI=1S/C38H51FN6O5.C34H44FN5O3.C10H8N2O2/c1-26(42(8)36(49)50-38(5,6)7)33(46)41-32(37(2,3)4)35(48)44-21-12-15-31(44)25-43(22-20-27-16-18-29(39)19-17-27)34(47)28-23-40-45(24-28)30-13-10-9-11-14-30;1-6-24(2)31(41)37-30(34(3,4)5)33(43)39-19-10-13-29(39)23-38(20-18-25-14-16-27(35)17-15-25)32(42)26-21-36-40(22-26)28-11-8-7-9-12-28;13-10(14)8-6-11-12(7-8)9-4-2-1-3-5-9/h9-11,13-14,16-19,23-24,26,31-32H,12,15,20-22,25H2,1-8H3,(H,41,46);7-9,11-12,14-17,21-22,24,29-30H,6,10,13,18-20,23H2,1-5H3,(H,37,41);1-7H,(H,13,14)/t26-,31-,32+;24-,29+,30-;/m01./s1. The molecule has 570 valence electrons. The van der Waals surface area contributed by atoms with E-state index in [4.69, 9.17) is 9.84 Å². The number of hydrogen-bond donors (Lipinski definition) is 3. The first-order valence-electron chi connectivity index (χ1n) is 36.5. The number of carboxylic acids is 1. The maximum absolute atomic E-state index is 14.3. The van der Waals surface area contributed by atoms with Crippen LogP contribution < -0.4 is 10.6 Å². The molecule has 0 radical (unpaired) electrons. The van der Waals surface area contributed by atoms with Crippen molar-refractivity contribution in [2.24, 2.45) is 16.7 Å². The van der Waals surface area contributed by atoms with Gasteiger partial charge in [0, 0.05) is 82.9 Å². The molecule has 2 saturated heterocycles. The Morgan fingerprint density at radius 3 is 1.22 bits per heavy atom. The van der Waals surface area contributed by atoms with Crippen LogP contribution in [-0.4, -0.2) is 189 Å². The first-order chi connectivity index (χ1) is 50.7. The predicted octanol–water partition coefficient (Wildman–Crippen LogP) is 12.3. The molecule has 25 heteroatoms. The summed E-state index contributed by atoms with van der Waals surface area (Å²) in [5.41, 5.74) is 3.48. The smallest absolute Gasteiger partial charge is 0.410 e. The number of para-hydroxylation sites is 3. The summed E-state index contributed by atoms with van der Waals surface area (Å²) in [6, 6.07) is 38.0. The molecule has 5 heterocycles. The number of carboxylic acid groups (broad SMARTS) is 1. The van der Waals surface area contributed by atoms with Gasteiger partial charge in [0.1, 0.15) is 35.4 Å². The van der Waals surface area contributed by atoms with Gasteiger partial charge in [0.2, 0.25) is 23.6 Å². The molecule has 0 spiro atoms. The molecule has 3 aromatic heterocycles. The average Bonchev–Trinajstić information content (AvgIpc) is 1.74. The number of likely N-dealkylation sites (tertiary alicyclic amines) is 2. The van der Waals surface area contributed by atoms with E-state index >= 15 is 0 Å². The van der Waals surface area contributed by atoms with Crippen LogP contribution in [0.3, 0.4) is 0 Å². The second-order valence-corrected chi connectivity index (χ2v) is 30.4. The van der Waals surface area contributed by atoms with Crippen molar-refractivity contribution in [3.8, 4) is 17.1 Å². The van der Waals surface area contributed by atoms with E-state index in [1.165, 1.54) is 53.3 Å². The number of carbonyl (C=O) groups excluding carboxylic acids is 7. The zero-order chi connectivity index (χ0) is 77.9. The van der Waals surface area contributed by atoms with Gasteiger partial charge in [-0.2, -0.15) is 15.3 Å². The Labute approximate surface area is 626 Å². The Morgan fingerprint density at radius 2 is 0.888 bits per heavy atom. The zero-order valence-electron chi connectivity index (χ0n) is 63.7. The summed E-state index contributed by atoms with van der Waals surface area (Å²) < 4.78 is 37.4. The van der Waals surface area contributed by atoms with E-state index in [0.717, 1.165) is 47.5 Å². The lowest BCUT2D eigenvalue weighted by Gasteiger charge is -2.38. The number of ether oxygens (including phenoxy) is 1. The Morgan fingerprint density at radius 1 is 0.533 bits per heavy atom. The SMILES string of the molecule is CC[C@@H](C)C(=O)N[C@H](C(=O)N1CCC[C@H]1CN(CCc1ccc(F)cc1)C(=O)c1cnn(-c2ccccc2)c1)C(C)(C)C.C[C@@H](C(=O)N[C@H](C(=O)N1CCC[C@H]1CN(CCc1ccc(F)cc1)C(=O)c1cnn(-c2ccccc2)c1)C(C)(C)C)N(C)C(=O)OC(C)(C)C.O=C(O)c1cnn(-c2ccccc2)c1. The summed E-state index contributed by atoms with van der Waals surface area (Å²) in [5, 5.41) is 27.4. The highest BCUT2D eigenvalue weighted by molar-refractivity contribution is 5.95. The van der Waals surface area contributed by atoms with Crippen LogP contribution in [-0.2, 0) is 36.8 Å². The fourth-order valence-electron chi connectivity index (χ4n) is 12.4. The lowest BCUT2D eigenvalue weighted by molar-refractivity contribution is -0.141. The highest BCUT2D eigenvalue weighted by Crippen LogP contribution is 2.30. The Bertz CT molecular complexity index is 4260. The van der Waals surface area contributed by atoms with Crippen LogP contribution in [0.5, 0.6) is 0 Å². The number of aromatic nitrogens is 6. The molecule has 5 aromatic carbocycles. The molecule has 2 aliphatic rings. The van der Waals surface area contributed by atoms with Crippen LogP contribution in [0.2, 0.25) is 0 Å². The molecule has 10 rings (SSSR count). The van der Waals surface area contributed by atoms with Crippen LogP contribution in [0.4, 0.5) is 13.6 Å². The normalized spacial score (nSPS) is 15.4. The number of likely N-dealkylation sites (N-methyl/N-ethyl adjacent to an activating group) is 1. The van der Waals surface area contributed by atoms with Crippen molar-refractivity contribution in [1.29, 1.82) is 0 Å². The van der Waals surface area contributed by atoms with E-state index in [9.17, 15) is 47.1 Å². The molecule has 7 amide bonds. The van der Waals surface area contributed by atoms with Crippen molar-refractivity contribution < 1.29 is 57.0 Å². The monoisotopic (exact) mass is 1470 g/mol. The minimum Gasteiger partial charge on any atom is -0.478 e. The first-order valence-corrected chi connectivity index (χ1v) is 36.5. The number of amides is 7. The summed E-state index contributed by atoms with van der Waals surface area (Å²) in [7, 11) is 1.49. The number of halogens is 2. The fraction of sp³-hybridized carbons (Fsp3) is 0.427. The fourth-order valence-corrected chi connectivity index (χ4v) is 12.4. The third-order valence-corrected chi connectivity index (χ3v) is 19.0. The minimum absolute atomic E-state index is 0.116. The van der Waals surface area contributed by atoms with Crippen LogP contribution >= 0.6 is 0 Å². The van der Waals surface area contributed by atoms with Crippen molar-refractivity contribution in [2.45, 2.75) is 164 Å². The van der Waals surface area contributed by atoms with Gasteiger partial charge in [0.25, 0.3) is 11.8 Å². The number of nitrogens with zero attached hydrogens (tertiary/aromatic N) is 11. The van der Waals surface area contributed by atoms with E-state index < -0.39 is 52.5 Å². The summed E-state index contributed by atoms with van der Waals surface area (Å²) in [6.45, 7) is 24.6. The average molecular weight is 1470 g/mol. The number of carbonyl (C=O) groups is 8. The summed E-state index contributed by atoms with van der Waals surface area (Å²) >= 11 is 0. The van der Waals surface area contributed by atoms with Crippen LogP contribution in [0.1, 0.15) is 157 Å². The quantitative estimate of drug-likeness (QED) is 0.0509. The maximum Gasteiger partial charge on any atom is 0.410 e. The molecule has 2 fully saturated rings. The third kappa shape index (κ3) is 23.1. The van der Waals surface area contributed by atoms with Crippen LogP contribution in [0, 0.1) is 28.4 Å². The first kappa shape index (κ1) is 81.8. The number of benzene rings is 5. The van der Waals surface area contributed by atoms with Gasteiger partial charge in [-0.25, -0.2) is 32.4 Å². The van der Waals surface area contributed by atoms with Gasteiger partial charge in [-0.15, -0.1) is 0 Å². The topological polar surface area (TPSA) is 260 Å². The van der Waals surface area contributed by atoms with Crippen LogP contribution in [0.25, 0.3) is 17.1 Å². The van der Waals surface area contributed by atoms with Gasteiger partial charge < -0.3 is 40.1 Å². The molecule has 0 saturated carbocycles. The summed E-state index contributed by atoms with van der Waals surface area (Å²) in [6.07, 6.45) is 13.4. The minimum atomic E-state index is -0.966. The molecule has 0 aliphatic carbocycles. The molecule has 0 bridgehead atoms. The van der Waals surface area contributed by atoms with Gasteiger partial charge in [0.05, 0.1) is 52.3 Å². The molecule has 8 aromatic rings. The highest BCUT2D eigenvalue weighted by atomic mass is 19.1. The zero-order valence-corrected chi connectivity index (χ0v) is 63.7. The molecular formula is C82H103F2N13O10. The van der Waals surface area contributed by atoms with E-state index in [1.54, 1.807) is 101 Å². The molecule has 23 nitrogen and oxygen atoms in total. The van der Waals surface area contributed by atoms with Crippen molar-refractivity contribution in [2.75, 3.05) is 46.3 Å². The number of rotatable bonds is 24. The Kier molecular flexibility index (Phi) is 28.2. The van der Waals surface area contributed by atoms with E-state index in [2.05, 4.69) is 25.9 Å². The van der Waals surface area contributed by atoms with Crippen LogP contribution in [0.15, 0.2) is 177 Å². The van der Waals surface area contributed by atoms with Crippen molar-refractivity contribution in [1.82, 2.24) is 64.5 Å². The predicted molar refractivity (Wildman–Crippen MR) is 405 cm³/mol. The highest BCUT2D eigenvalue weighted by Gasteiger charge is 2.44. The molecule has 107 heavy (non-hydrogen) atoms. The summed E-state index contributed by atoms with van der Waals surface area (Å²) in [5.74, 6) is -3.17. The summed E-state index contributed by atoms with van der Waals surface area (Å²) in [4.78, 5) is 114. The molecule has 3 N–H and O–H groups in total. The second kappa shape index (κ2) is 36.9. The van der Waals surface area contributed by atoms with Gasteiger partial charge >= 0.3 is 12.1 Å². The third-order valence-electron chi connectivity index (χ3n) is 19.0. The lowest BCUT2D eigenvalue weighted by Crippen LogP contribution is -2.59. The van der Waals surface area contributed by atoms with E-state index in [-0.39, 0.29) is 71.3 Å². The van der Waals surface area contributed by atoms with E-state index in [1.807, 2.05) is 151 Å². The number of hydrogen-bond acceptors (Lipinski definition) is 12. The van der Waals surface area contributed by atoms with Gasteiger partial charge in [-0.1, -0.05) is 134 Å². The molecule has 6 atom stereocenters. The van der Waals surface area contributed by atoms with Gasteiger partial charge in [0.15, 0.2) is 0 Å². The Hall–Kier alpha value is -10.9. The molecule has 2 aliphatic heterocycles. The maximum atomic E-state index is 14.3. The molecular weight excluding hydrogens is 1360 g/mol. The Balaban J connectivity index is 0.000000229. The number of nitrogens with one attached hydrogen (secondary N) is 2. The van der Waals surface area contributed by atoms with Gasteiger partial charge in [-0.05, 0) is 155 Å². The second-order valence-electron chi connectivity index (χ2n) is 30.4. The number of aromatic carboxylic acids is 1. The van der Waals surface area contributed by atoms with Crippen molar-refractivity contribution in [3.05, 3.63) is 216 Å². The van der Waals surface area contributed by atoms with Crippen molar-refractivity contribution >= 4 is 47.5 Å². The van der Waals surface area contributed by atoms with E-state index in [0.29, 0.717) is 69.5 Å². The largest absolute Gasteiger partial charge is 0.478 e. The van der Waals surface area contributed by atoms with Crippen molar-refractivity contribution in [3.63, 3.8) is 0 Å².